The van der Waals surface area contributed by atoms with Crippen molar-refractivity contribution in [2.24, 2.45) is 5.41 Å². The maximum absolute atomic E-state index is 13.5. The van der Waals surface area contributed by atoms with Gasteiger partial charge in [0.15, 0.2) is 5.65 Å². The monoisotopic (exact) mass is 1130 g/mol. The third-order valence-corrected chi connectivity index (χ3v) is 15.5. The molecule has 0 spiro atoms. The zero-order chi connectivity index (χ0) is 56.8. The molecule has 5 heterocycles. The van der Waals surface area contributed by atoms with Crippen LogP contribution >= 0.6 is 11.3 Å². The number of carbonyl (C=O) groups excluding carboxylic acids is 3. The number of para-hydroxylation sites is 1. The molecule has 3 aromatic carbocycles. The number of nitrogens with zero attached hydrogens (tertiary/aromatic N) is 7. The molecule has 0 saturated carbocycles. The minimum atomic E-state index is -0.794. The number of likely N-dealkylation sites (tertiary alicyclic amines) is 2. The molecule has 2 aliphatic rings. The Balaban J connectivity index is 0.579. The minimum absolute atomic E-state index is 0.0802. The first kappa shape index (κ1) is 60.7. The maximum atomic E-state index is 13.5. The fraction of sp³-hybridized carbons (Fsp3) is 0.517. The molecule has 3 aromatic heterocycles. The lowest BCUT2D eigenvalue weighted by molar-refractivity contribution is -0.140. The van der Waals surface area contributed by atoms with Crippen LogP contribution < -0.4 is 21.1 Å². The number of carbonyl (C=O) groups is 3. The summed E-state index contributed by atoms with van der Waals surface area (Å²) < 4.78 is 36.1. The molecule has 81 heavy (non-hydrogen) atoms. The first-order valence-electron chi connectivity index (χ1n) is 28.3. The Kier molecular flexibility index (Phi) is 23.3. The third kappa shape index (κ3) is 18.5. The third-order valence-electron chi connectivity index (χ3n) is 14.5. The Morgan fingerprint density at radius 2 is 1.40 bits per heavy atom. The highest BCUT2D eigenvalue weighted by Crippen LogP contribution is 2.36. The largest absolute Gasteiger partial charge is 0.457 e. The zero-order valence-corrected chi connectivity index (χ0v) is 47.9. The van der Waals surface area contributed by atoms with Gasteiger partial charge in [-0.05, 0) is 92.1 Å². The van der Waals surface area contributed by atoms with E-state index in [1.54, 1.807) is 11.3 Å². The number of β-amino-alcohol motifs (C(OH)–C–C–N with tert-alkyl or cyclic N) is 1. The number of piperidine rings is 1. The lowest BCUT2D eigenvalue weighted by atomic mass is 9.88. The van der Waals surface area contributed by atoms with E-state index in [-0.39, 0.29) is 62.9 Å². The standard InChI is InChI=1S/C60H80N10O10S/c1-43-56(81-42-66-43)46-15-13-44(14-16-46)37-62-59(74)51-35-48(71)38-69(51)53(73)36-60(2,3)40-63-52(72)39-79-34-33-78-32-31-77-30-29-76-28-27-75-26-10-5-4-9-23-68-24-21-47(22-25-68)70-58-54(57(61)64-41-65-58)55(67-70)45-17-19-50(20-18-45)80-49-11-7-6-8-12-49/h6-8,11-20,41-42,47-48,51,71H,4-5,9-10,21-40H2,1-3H3,(H,62,74)(H,63,72)(H2,61,64,65)/t48-,51+/m1/s1. The molecular formula is C60H80N10O10S. The van der Waals surface area contributed by atoms with E-state index in [0.29, 0.717) is 58.6 Å². The van der Waals surface area contributed by atoms with Crippen LogP contribution in [0.15, 0.2) is 90.7 Å². The Hall–Kier alpha value is -6.43. The summed E-state index contributed by atoms with van der Waals surface area (Å²) in [6.07, 6.45) is 7.45. The van der Waals surface area contributed by atoms with E-state index in [4.69, 9.17) is 39.3 Å². The van der Waals surface area contributed by atoms with Crippen molar-refractivity contribution >= 4 is 45.9 Å². The summed E-state index contributed by atoms with van der Waals surface area (Å²) in [6.45, 7) is 13.4. The van der Waals surface area contributed by atoms with Crippen LogP contribution in [0.25, 0.3) is 32.7 Å². The van der Waals surface area contributed by atoms with Gasteiger partial charge in [0, 0.05) is 57.7 Å². The second-order valence-corrected chi connectivity index (χ2v) is 22.3. The van der Waals surface area contributed by atoms with Crippen molar-refractivity contribution in [1.82, 2.24) is 45.2 Å². The number of aryl methyl sites for hydroxylation is 1. The smallest absolute Gasteiger partial charge is 0.246 e. The Bertz CT molecular complexity index is 2880. The van der Waals surface area contributed by atoms with Crippen molar-refractivity contribution in [3.63, 3.8) is 0 Å². The predicted molar refractivity (Wildman–Crippen MR) is 311 cm³/mol. The lowest BCUT2D eigenvalue weighted by Crippen LogP contribution is -2.47. The highest BCUT2D eigenvalue weighted by Gasteiger charge is 2.40. The number of benzene rings is 3. The summed E-state index contributed by atoms with van der Waals surface area (Å²) >= 11 is 1.58. The van der Waals surface area contributed by atoms with Gasteiger partial charge >= 0.3 is 0 Å². The van der Waals surface area contributed by atoms with Crippen molar-refractivity contribution in [2.75, 3.05) is 105 Å². The van der Waals surface area contributed by atoms with Gasteiger partial charge in [0.25, 0.3) is 0 Å². The van der Waals surface area contributed by atoms with Gasteiger partial charge in [-0.25, -0.2) is 19.6 Å². The Labute approximate surface area is 479 Å². The number of ether oxygens (including phenoxy) is 6. The summed E-state index contributed by atoms with van der Waals surface area (Å²) in [5, 5.41) is 22.1. The first-order valence-corrected chi connectivity index (χ1v) is 29.2. The van der Waals surface area contributed by atoms with Gasteiger partial charge in [0.1, 0.15) is 42.0 Å². The van der Waals surface area contributed by atoms with E-state index >= 15 is 0 Å². The molecule has 2 fully saturated rings. The van der Waals surface area contributed by atoms with Crippen LogP contribution in [-0.4, -0.2) is 168 Å². The number of aliphatic hydroxyl groups is 1. The minimum Gasteiger partial charge on any atom is -0.457 e. The van der Waals surface area contributed by atoms with Crippen LogP contribution in [-0.2, 0) is 44.6 Å². The molecule has 0 unspecified atom stereocenters. The number of nitrogen functional groups attached to an aromatic ring is 1. The number of aromatic nitrogens is 5. The van der Waals surface area contributed by atoms with E-state index in [1.165, 1.54) is 17.6 Å². The fourth-order valence-electron chi connectivity index (χ4n) is 10.0. The second kappa shape index (κ2) is 31.1. The molecular weight excluding hydrogens is 1050 g/mol. The zero-order valence-electron chi connectivity index (χ0n) is 47.1. The number of hydrogen-bond acceptors (Lipinski definition) is 17. The molecule has 3 amide bonds. The molecule has 5 N–H and O–H groups in total. The molecule has 6 aromatic rings. The number of rotatable bonds is 33. The SMILES string of the molecule is Cc1ncsc1-c1ccc(CNC(=O)[C@@H]2C[C@@H](O)CN2C(=O)CC(C)(C)CNC(=O)COCCOCCOCCOCCOCCCCCCN2CCC(n3nc(-c4ccc(Oc5ccccc5)cc4)c4c(N)ncnc43)CC2)cc1. The normalized spacial score (nSPS) is 16.1. The van der Waals surface area contributed by atoms with Gasteiger partial charge < -0.3 is 59.7 Å². The van der Waals surface area contributed by atoms with E-state index in [2.05, 4.69) is 35.2 Å². The summed E-state index contributed by atoms with van der Waals surface area (Å²) in [6, 6.07) is 25.0. The van der Waals surface area contributed by atoms with E-state index in [1.807, 2.05) is 105 Å². The second-order valence-electron chi connectivity index (χ2n) is 21.4. The van der Waals surface area contributed by atoms with Gasteiger partial charge in [-0.2, -0.15) is 5.10 Å². The predicted octanol–water partition coefficient (Wildman–Crippen LogP) is 7.39. The Morgan fingerprint density at radius 3 is 2.07 bits per heavy atom. The molecule has 0 radical (unpaired) electrons. The number of thiazole rings is 1. The topological polar surface area (TPSA) is 240 Å². The lowest BCUT2D eigenvalue weighted by Gasteiger charge is -2.32. The molecule has 2 aliphatic heterocycles. The van der Waals surface area contributed by atoms with Gasteiger partial charge in [-0.1, -0.05) is 69.2 Å². The molecule has 2 atom stereocenters. The molecule has 21 heteroatoms. The van der Waals surface area contributed by atoms with Crippen molar-refractivity contribution in [1.29, 1.82) is 0 Å². The van der Waals surface area contributed by atoms with Gasteiger partial charge in [0.05, 0.1) is 86.5 Å². The van der Waals surface area contributed by atoms with Crippen molar-refractivity contribution in [3.8, 4) is 33.2 Å². The van der Waals surface area contributed by atoms with Crippen molar-refractivity contribution in [3.05, 3.63) is 102 Å². The molecule has 0 aliphatic carbocycles. The molecule has 0 bridgehead atoms. The molecule has 2 saturated heterocycles. The fourth-order valence-corrected chi connectivity index (χ4v) is 10.9. The molecule has 8 rings (SSSR count). The van der Waals surface area contributed by atoms with Crippen LogP contribution in [0, 0.1) is 12.3 Å². The first-order chi connectivity index (χ1) is 39.4. The summed E-state index contributed by atoms with van der Waals surface area (Å²) in [5.74, 6) is 1.09. The number of aliphatic hydroxyl groups excluding tert-OH is 1. The number of fused-ring (bicyclic) bond motifs is 1. The number of hydrogen-bond donors (Lipinski definition) is 4. The average Bonchev–Trinajstić information content (AvgIpc) is 4.13. The summed E-state index contributed by atoms with van der Waals surface area (Å²) in [5.41, 5.74) is 13.1. The van der Waals surface area contributed by atoms with Crippen LogP contribution in [0.1, 0.15) is 82.5 Å². The molecule has 20 nitrogen and oxygen atoms in total. The summed E-state index contributed by atoms with van der Waals surface area (Å²) in [4.78, 5) is 57.6. The van der Waals surface area contributed by atoms with E-state index in [9.17, 15) is 19.5 Å². The van der Waals surface area contributed by atoms with Crippen molar-refractivity contribution in [2.45, 2.75) is 96.9 Å². The number of nitrogens with one attached hydrogen (secondary N) is 2. The summed E-state index contributed by atoms with van der Waals surface area (Å²) in [7, 11) is 0. The van der Waals surface area contributed by atoms with E-state index in [0.717, 1.165) is 114 Å². The van der Waals surface area contributed by atoms with Crippen LogP contribution in [0.2, 0.25) is 0 Å². The number of nitrogens with two attached hydrogens (primary N) is 1. The van der Waals surface area contributed by atoms with Crippen LogP contribution in [0.5, 0.6) is 11.5 Å². The van der Waals surface area contributed by atoms with Gasteiger partial charge in [-0.3, -0.25) is 14.4 Å². The van der Waals surface area contributed by atoms with Gasteiger partial charge in [0.2, 0.25) is 17.7 Å². The van der Waals surface area contributed by atoms with Crippen molar-refractivity contribution < 1.29 is 47.9 Å². The maximum Gasteiger partial charge on any atom is 0.246 e. The van der Waals surface area contributed by atoms with E-state index < -0.39 is 17.6 Å². The average molecular weight is 1130 g/mol. The molecule has 436 valence electrons. The highest BCUT2D eigenvalue weighted by atomic mass is 32.1. The quantitative estimate of drug-likeness (QED) is 0.0294. The van der Waals surface area contributed by atoms with Crippen LogP contribution in [0.3, 0.4) is 0 Å². The van der Waals surface area contributed by atoms with Crippen LogP contribution in [0.4, 0.5) is 5.82 Å². The number of unbranched alkanes of at least 4 members (excludes halogenated alkanes) is 3. The number of anilines is 1. The number of amides is 3. The Morgan fingerprint density at radius 1 is 0.753 bits per heavy atom. The highest BCUT2D eigenvalue weighted by molar-refractivity contribution is 7.13. The van der Waals surface area contributed by atoms with Gasteiger partial charge in [-0.15, -0.1) is 11.3 Å².